The van der Waals surface area contributed by atoms with Gasteiger partial charge in [-0.2, -0.15) is 0 Å². The first-order chi connectivity index (χ1) is 29.9. The van der Waals surface area contributed by atoms with E-state index < -0.39 is 54.7 Å². The maximum absolute atomic E-state index is 14.2. The monoisotopic (exact) mass is 866 g/mol. The molecule has 0 saturated carbocycles. The zero-order chi connectivity index (χ0) is 44.2. The number of hydrogen-bond donors (Lipinski definition) is 6. The smallest absolute Gasteiger partial charge is 0.251 e. The van der Waals surface area contributed by atoms with E-state index in [-0.39, 0.29) is 45.2 Å². The molecule has 0 aromatic heterocycles. The Morgan fingerprint density at radius 1 is 0.806 bits per heavy atom. The summed E-state index contributed by atoms with van der Waals surface area (Å²) >= 11 is 6.02. The van der Waals surface area contributed by atoms with E-state index in [1.54, 1.807) is 77.7 Å². The van der Waals surface area contributed by atoms with Crippen LogP contribution < -0.4 is 42.2 Å². The van der Waals surface area contributed by atoms with E-state index in [9.17, 15) is 28.8 Å². The molecule has 2 atom stereocenters. The minimum atomic E-state index is -1.32. The molecule has 4 aromatic carbocycles. The summed E-state index contributed by atoms with van der Waals surface area (Å²) in [6.07, 6.45) is 1.80. The molecule has 1 saturated heterocycles. The van der Waals surface area contributed by atoms with E-state index in [0.29, 0.717) is 57.4 Å². The number of nitrogens with one attached hydrogen (secondary N) is 4. The average Bonchev–Trinajstić information content (AvgIpc) is 3.84. The van der Waals surface area contributed by atoms with E-state index >= 15 is 0 Å². The highest BCUT2D eigenvalue weighted by Crippen LogP contribution is 2.40. The summed E-state index contributed by atoms with van der Waals surface area (Å²) in [5, 5.41) is 11.2. The second kappa shape index (κ2) is 21.3. The first-order valence-electron chi connectivity index (χ1n) is 20.4. The predicted octanol–water partition coefficient (Wildman–Crippen LogP) is 2.17. The van der Waals surface area contributed by atoms with Crippen LogP contribution in [0.25, 0.3) is 22.3 Å². The normalized spacial score (nSPS) is 16.3. The maximum Gasteiger partial charge on any atom is 0.251 e. The van der Waals surface area contributed by atoms with Crippen molar-refractivity contribution in [2.45, 2.75) is 31.3 Å². The summed E-state index contributed by atoms with van der Waals surface area (Å²) in [7, 11) is 1.42. The minimum Gasteiger partial charge on any atom is -0.492 e. The van der Waals surface area contributed by atoms with Gasteiger partial charge in [-0.3, -0.25) is 28.8 Å². The summed E-state index contributed by atoms with van der Waals surface area (Å²) in [6.45, 7) is 0.720. The number of benzene rings is 4. The number of amides is 6. The van der Waals surface area contributed by atoms with Gasteiger partial charge in [0, 0.05) is 61.4 Å². The molecule has 2 aliphatic rings. The fourth-order valence-electron chi connectivity index (χ4n) is 7.28. The van der Waals surface area contributed by atoms with Gasteiger partial charge in [0.15, 0.2) is 0 Å². The lowest BCUT2D eigenvalue weighted by atomic mass is 9.93. The van der Waals surface area contributed by atoms with E-state index in [4.69, 9.17) is 32.5 Å². The number of nitrogens with zero attached hydrogens (tertiary/aromatic N) is 2. The highest BCUT2D eigenvalue weighted by atomic mass is 35.5. The molecule has 4 aromatic rings. The van der Waals surface area contributed by atoms with Crippen LogP contribution in [-0.2, 0) is 30.4 Å². The molecule has 0 radical (unpaired) electrons. The molecule has 326 valence electrons. The van der Waals surface area contributed by atoms with Crippen LogP contribution in [0, 0.1) is 0 Å². The molecular weight excluding hydrogens is 816 g/mol. The van der Waals surface area contributed by atoms with Gasteiger partial charge in [0.05, 0.1) is 19.6 Å². The molecule has 6 amide bonds. The molecule has 0 spiro atoms. The van der Waals surface area contributed by atoms with Gasteiger partial charge in [-0.05, 0) is 83.6 Å². The Kier molecular flexibility index (Phi) is 15.5. The van der Waals surface area contributed by atoms with Gasteiger partial charge in [0.1, 0.15) is 36.8 Å². The molecule has 6 rings (SSSR count). The first kappa shape index (κ1) is 45.0. The summed E-state index contributed by atoms with van der Waals surface area (Å²) in [4.78, 5) is 84.0. The van der Waals surface area contributed by atoms with E-state index in [1.165, 1.54) is 11.9 Å². The Balaban J connectivity index is 1.29. The van der Waals surface area contributed by atoms with Crippen LogP contribution in [0.1, 0.15) is 40.4 Å². The van der Waals surface area contributed by atoms with Crippen molar-refractivity contribution >= 4 is 47.0 Å². The maximum atomic E-state index is 14.2. The van der Waals surface area contributed by atoms with Gasteiger partial charge >= 0.3 is 0 Å². The fourth-order valence-corrected chi connectivity index (χ4v) is 7.41. The molecule has 17 heteroatoms. The zero-order valence-corrected chi connectivity index (χ0v) is 35.2. The Hall–Kier alpha value is -6.49. The van der Waals surface area contributed by atoms with Crippen LogP contribution >= 0.6 is 11.6 Å². The largest absolute Gasteiger partial charge is 0.492 e. The number of halogens is 1. The molecule has 2 heterocycles. The number of nitrogens with two attached hydrogens (primary N) is 2. The summed E-state index contributed by atoms with van der Waals surface area (Å²) in [6, 6.07) is 21.9. The topological polar surface area (TPSA) is 228 Å². The van der Waals surface area contributed by atoms with Gasteiger partial charge < -0.3 is 52.0 Å². The zero-order valence-electron chi connectivity index (χ0n) is 34.4. The van der Waals surface area contributed by atoms with Gasteiger partial charge in [-0.1, -0.05) is 48.0 Å². The fraction of sp³-hybridized carbons (Fsp3) is 0.333. The predicted molar refractivity (Wildman–Crippen MR) is 233 cm³/mol. The average molecular weight is 867 g/mol. The molecule has 62 heavy (non-hydrogen) atoms. The van der Waals surface area contributed by atoms with Crippen molar-refractivity contribution in [3.05, 3.63) is 107 Å². The van der Waals surface area contributed by atoms with Gasteiger partial charge in [0.25, 0.3) is 5.91 Å². The number of ether oxygens (including phenoxy) is 2. The van der Waals surface area contributed by atoms with Crippen molar-refractivity contribution in [3.63, 3.8) is 0 Å². The second-order valence-electron chi connectivity index (χ2n) is 14.9. The van der Waals surface area contributed by atoms with Crippen LogP contribution in [0.2, 0.25) is 5.02 Å². The van der Waals surface area contributed by atoms with Crippen molar-refractivity contribution in [1.29, 1.82) is 0 Å². The summed E-state index contributed by atoms with van der Waals surface area (Å²) < 4.78 is 12.1. The summed E-state index contributed by atoms with van der Waals surface area (Å²) in [5.74, 6) is -2.52. The van der Waals surface area contributed by atoms with Gasteiger partial charge in [-0.15, -0.1) is 0 Å². The van der Waals surface area contributed by atoms with Crippen LogP contribution in [0.3, 0.4) is 0 Å². The number of carbonyl (C=O) groups excluding carboxylic acids is 6. The van der Waals surface area contributed by atoms with Gasteiger partial charge in [-0.25, -0.2) is 0 Å². The number of carbonyl (C=O) groups is 6. The van der Waals surface area contributed by atoms with Crippen LogP contribution in [0.4, 0.5) is 0 Å². The number of likely N-dealkylation sites (N-methyl/N-ethyl adjacent to an activating group) is 1. The Morgan fingerprint density at radius 2 is 1.42 bits per heavy atom. The molecule has 0 aliphatic carbocycles. The third-order valence-corrected chi connectivity index (χ3v) is 10.8. The van der Waals surface area contributed by atoms with Crippen molar-refractivity contribution < 1.29 is 38.2 Å². The SMILES string of the molecule is CN(C(=O)CNC(=O)c1ccc(-c2ccc(Cl)cc2)cc1)C1C(=O)NCC(=O)NC(C(=O)NCC(=O)N2CCCC2)Cc2ccc(OCCN)c(c2)-c2cc1ccc2OCCN. The van der Waals surface area contributed by atoms with Crippen molar-refractivity contribution in [2.24, 2.45) is 11.5 Å². The van der Waals surface area contributed by atoms with E-state index in [2.05, 4.69) is 21.3 Å². The second-order valence-corrected chi connectivity index (χ2v) is 15.3. The van der Waals surface area contributed by atoms with Crippen LogP contribution in [-0.4, -0.2) is 117 Å². The lowest BCUT2D eigenvalue weighted by molar-refractivity contribution is -0.139. The first-order valence-corrected chi connectivity index (χ1v) is 20.8. The number of hydrogen-bond acceptors (Lipinski definition) is 10. The lowest BCUT2D eigenvalue weighted by Gasteiger charge is -2.29. The lowest BCUT2D eigenvalue weighted by Crippen LogP contribution is -2.53. The van der Waals surface area contributed by atoms with Crippen molar-refractivity contribution in [3.8, 4) is 33.8 Å². The van der Waals surface area contributed by atoms with Crippen molar-refractivity contribution in [1.82, 2.24) is 31.1 Å². The Bertz CT molecular complexity index is 2270. The standard InChI is InChI=1S/C45H51ClN8O8/c1-53(40(56)26-50-43(58)31-7-5-29(6-8-31)30-9-12-33(46)13-10-30)42-32-11-15-38(62-21-17-48)35(24-32)34-22-28(4-14-37(34)61-20-16-47)23-36(52-39(55)25-49-45(42)60)44(59)51-27-41(57)54-18-2-3-19-54/h4-15,22,24,36,42H,2-3,16-21,23,25-27,47-48H2,1H3,(H,49,60)(H,50,58)(H,51,59)(H,52,55). The molecular formula is C45H51ClN8O8. The summed E-state index contributed by atoms with van der Waals surface area (Å²) in [5.41, 5.74) is 15.7. The minimum absolute atomic E-state index is 0.0182. The molecule has 8 N–H and O–H groups in total. The third kappa shape index (κ3) is 11.5. The van der Waals surface area contributed by atoms with Crippen LogP contribution in [0.5, 0.6) is 11.5 Å². The van der Waals surface area contributed by atoms with Crippen molar-refractivity contribution in [2.75, 3.05) is 66.1 Å². The molecule has 4 bridgehead atoms. The molecule has 16 nitrogen and oxygen atoms in total. The quantitative estimate of drug-likeness (QED) is 0.108. The molecule has 1 fully saturated rings. The highest BCUT2D eigenvalue weighted by molar-refractivity contribution is 6.30. The number of likely N-dealkylation sites (tertiary alicyclic amines) is 1. The Labute approximate surface area is 364 Å². The van der Waals surface area contributed by atoms with E-state index in [0.717, 1.165) is 24.0 Å². The molecule has 2 unspecified atom stereocenters. The molecule has 2 aliphatic heterocycles. The number of rotatable bonds is 14. The van der Waals surface area contributed by atoms with Crippen LogP contribution in [0.15, 0.2) is 84.9 Å². The highest BCUT2D eigenvalue weighted by Gasteiger charge is 2.32. The number of fused-ring (bicyclic) bond motifs is 5. The Morgan fingerprint density at radius 3 is 2.06 bits per heavy atom. The van der Waals surface area contributed by atoms with Gasteiger partial charge in [0.2, 0.25) is 29.5 Å². The van der Waals surface area contributed by atoms with E-state index in [1.807, 2.05) is 12.1 Å². The third-order valence-electron chi connectivity index (χ3n) is 10.5.